The lowest BCUT2D eigenvalue weighted by molar-refractivity contribution is -0.140. The number of aliphatic hydroxyl groups excluding tert-OH is 1. The van der Waals surface area contributed by atoms with E-state index in [1.54, 1.807) is 18.2 Å². The molecule has 6 nitrogen and oxygen atoms in total. The van der Waals surface area contributed by atoms with Crippen LogP contribution in [0.2, 0.25) is 0 Å². The molecular weight excluding hydrogens is 413 g/mol. The molecule has 1 atom stereocenters. The number of methoxy groups -OCH3 is 1. The molecule has 4 rings (SSSR count). The Morgan fingerprint density at radius 3 is 2.50 bits per heavy atom. The predicted molar refractivity (Wildman–Crippen MR) is 115 cm³/mol. The lowest BCUT2D eigenvalue weighted by atomic mass is 9.93. The van der Waals surface area contributed by atoms with Gasteiger partial charge in [-0.05, 0) is 60.9 Å². The van der Waals surface area contributed by atoms with Gasteiger partial charge in [-0.3, -0.25) is 9.59 Å². The largest absolute Gasteiger partial charge is 0.507 e. The highest BCUT2D eigenvalue weighted by molar-refractivity contribution is 6.46. The number of nitrogens with zero attached hydrogens (tertiary/aromatic N) is 1. The number of halogens is 1. The first kappa shape index (κ1) is 21.4. The normalized spacial score (nSPS) is 17.8. The van der Waals surface area contributed by atoms with Gasteiger partial charge in [0.1, 0.15) is 23.1 Å². The highest BCUT2D eigenvalue weighted by atomic mass is 19.1. The second-order valence-electron chi connectivity index (χ2n) is 7.72. The van der Waals surface area contributed by atoms with E-state index in [-0.39, 0.29) is 17.9 Å². The summed E-state index contributed by atoms with van der Waals surface area (Å²) in [6.07, 6.45) is 1.47. The monoisotopic (exact) mass is 435 g/mol. The minimum absolute atomic E-state index is 0.0143. The van der Waals surface area contributed by atoms with Gasteiger partial charge < -0.3 is 19.2 Å². The summed E-state index contributed by atoms with van der Waals surface area (Å²) in [5, 5.41) is 11.3. The average Bonchev–Trinajstić information content (AvgIpc) is 3.36. The van der Waals surface area contributed by atoms with E-state index in [4.69, 9.17) is 9.15 Å². The number of hydrogen-bond acceptors (Lipinski definition) is 5. The number of carbonyl (C=O) groups is 2. The number of rotatable bonds is 5. The number of amides is 1. The van der Waals surface area contributed by atoms with E-state index in [0.29, 0.717) is 22.6 Å². The highest BCUT2D eigenvalue weighted by Gasteiger charge is 2.46. The van der Waals surface area contributed by atoms with Crippen molar-refractivity contribution in [1.82, 2.24) is 4.90 Å². The van der Waals surface area contributed by atoms with Crippen LogP contribution >= 0.6 is 0 Å². The van der Waals surface area contributed by atoms with Crippen LogP contribution in [0.15, 0.2) is 64.8 Å². The lowest BCUT2D eigenvalue weighted by Gasteiger charge is -2.24. The Bertz CT molecular complexity index is 1210. The number of ether oxygens (including phenoxy) is 1. The van der Waals surface area contributed by atoms with E-state index in [9.17, 15) is 19.1 Å². The Kier molecular flexibility index (Phi) is 5.57. The molecule has 32 heavy (non-hydrogen) atoms. The van der Waals surface area contributed by atoms with Gasteiger partial charge in [0.15, 0.2) is 0 Å². The maximum absolute atomic E-state index is 13.6. The molecule has 0 bridgehead atoms. The number of likely N-dealkylation sites (tertiary alicyclic amines) is 1. The van der Waals surface area contributed by atoms with E-state index in [0.717, 1.165) is 11.1 Å². The molecule has 1 unspecified atom stereocenters. The van der Waals surface area contributed by atoms with Crippen molar-refractivity contribution in [3.8, 4) is 5.75 Å². The van der Waals surface area contributed by atoms with Crippen molar-refractivity contribution in [2.24, 2.45) is 0 Å². The molecule has 1 fully saturated rings. The van der Waals surface area contributed by atoms with E-state index in [1.165, 1.54) is 42.5 Å². The third-order valence-corrected chi connectivity index (χ3v) is 5.51. The molecule has 1 amide bonds. The average molecular weight is 435 g/mol. The molecule has 1 aromatic heterocycles. The van der Waals surface area contributed by atoms with E-state index >= 15 is 0 Å². The van der Waals surface area contributed by atoms with E-state index in [2.05, 4.69) is 0 Å². The zero-order valence-corrected chi connectivity index (χ0v) is 17.9. The number of aryl methyl sites for hydroxylation is 2. The van der Waals surface area contributed by atoms with E-state index in [1.807, 2.05) is 19.9 Å². The quantitative estimate of drug-likeness (QED) is 0.358. The SMILES string of the molecule is COc1c(C)cc(C)cc1/C(O)=C1\C(=O)C(=O)N(Cc2ccco2)C1c1ccc(F)cc1. The molecular formula is C25H22FNO5. The van der Waals surface area contributed by atoms with Gasteiger partial charge in [-0.25, -0.2) is 4.39 Å². The molecule has 2 aromatic carbocycles. The number of carbonyl (C=O) groups excluding carboxylic acids is 2. The van der Waals surface area contributed by atoms with Gasteiger partial charge in [0.05, 0.1) is 37.1 Å². The topological polar surface area (TPSA) is 80.0 Å². The Labute approximate surface area is 184 Å². The summed E-state index contributed by atoms with van der Waals surface area (Å²) in [6.45, 7) is 3.70. The summed E-state index contributed by atoms with van der Waals surface area (Å²) in [4.78, 5) is 27.4. The third-order valence-electron chi connectivity index (χ3n) is 5.51. The van der Waals surface area contributed by atoms with Crippen LogP contribution in [-0.2, 0) is 16.1 Å². The molecule has 164 valence electrons. The minimum atomic E-state index is -0.925. The van der Waals surface area contributed by atoms with Crippen LogP contribution in [0.1, 0.15) is 34.1 Å². The maximum atomic E-state index is 13.6. The fraction of sp³-hybridized carbons (Fsp3) is 0.200. The van der Waals surface area contributed by atoms with Gasteiger partial charge in [0.25, 0.3) is 11.7 Å². The van der Waals surface area contributed by atoms with Gasteiger partial charge in [-0.15, -0.1) is 0 Å². The van der Waals surface area contributed by atoms with Crippen molar-refractivity contribution < 1.29 is 28.2 Å². The molecule has 1 saturated heterocycles. The van der Waals surface area contributed by atoms with Crippen molar-refractivity contribution in [3.05, 3.63) is 94.2 Å². The molecule has 3 aromatic rings. The smallest absolute Gasteiger partial charge is 0.296 e. The van der Waals surface area contributed by atoms with Crippen molar-refractivity contribution >= 4 is 17.4 Å². The number of benzene rings is 2. The third kappa shape index (κ3) is 3.66. The number of hydrogen-bond donors (Lipinski definition) is 1. The standard InChI is InChI=1S/C25H22FNO5/c1-14-11-15(2)24(31-3)19(12-14)22(28)20-21(16-6-8-17(26)9-7-16)27(25(30)23(20)29)13-18-5-4-10-32-18/h4-12,21,28H,13H2,1-3H3/b22-20+. The van der Waals surface area contributed by atoms with Crippen LogP contribution in [0.4, 0.5) is 4.39 Å². The number of Topliss-reactive ketones (excluding diaryl/α,β-unsaturated/α-hetero) is 1. The molecule has 0 spiro atoms. The summed E-state index contributed by atoms with van der Waals surface area (Å²) in [5.74, 6) is -1.52. The van der Waals surface area contributed by atoms with Gasteiger partial charge in [0.2, 0.25) is 0 Å². The Balaban J connectivity index is 1.93. The van der Waals surface area contributed by atoms with Crippen LogP contribution in [-0.4, -0.2) is 28.8 Å². The summed E-state index contributed by atoms with van der Waals surface area (Å²) < 4.78 is 24.4. The lowest BCUT2D eigenvalue weighted by Crippen LogP contribution is -2.29. The highest BCUT2D eigenvalue weighted by Crippen LogP contribution is 2.42. The number of furan rings is 1. The summed E-state index contributed by atoms with van der Waals surface area (Å²) in [7, 11) is 1.47. The molecule has 0 radical (unpaired) electrons. The molecule has 2 heterocycles. The van der Waals surface area contributed by atoms with Crippen LogP contribution in [0, 0.1) is 19.7 Å². The zero-order chi connectivity index (χ0) is 23.0. The Hall–Kier alpha value is -3.87. The van der Waals surface area contributed by atoms with Gasteiger partial charge in [-0.2, -0.15) is 0 Å². The van der Waals surface area contributed by atoms with E-state index < -0.39 is 23.5 Å². The summed E-state index contributed by atoms with van der Waals surface area (Å²) >= 11 is 0. The van der Waals surface area contributed by atoms with Crippen LogP contribution < -0.4 is 4.74 Å². The predicted octanol–water partition coefficient (Wildman–Crippen LogP) is 4.67. The first-order valence-corrected chi connectivity index (χ1v) is 10.0. The van der Waals surface area contributed by atoms with Gasteiger partial charge in [-0.1, -0.05) is 18.2 Å². The van der Waals surface area contributed by atoms with Gasteiger partial charge in [0, 0.05) is 0 Å². The minimum Gasteiger partial charge on any atom is -0.507 e. The second kappa shape index (κ2) is 8.34. The molecule has 1 aliphatic heterocycles. The Morgan fingerprint density at radius 2 is 1.88 bits per heavy atom. The summed E-state index contributed by atoms with van der Waals surface area (Å²) in [6, 6.07) is 11.5. The fourth-order valence-electron chi connectivity index (χ4n) is 4.15. The molecule has 1 aliphatic rings. The second-order valence-corrected chi connectivity index (χ2v) is 7.72. The van der Waals surface area contributed by atoms with Crippen molar-refractivity contribution in [3.63, 3.8) is 0 Å². The Morgan fingerprint density at radius 1 is 1.16 bits per heavy atom. The molecule has 0 saturated carbocycles. The van der Waals surface area contributed by atoms with Crippen molar-refractivity contribution in [1.29, 1.82) is 0 Å². The van der Waals surface area contributed by atoms with Gasteiger partial charge >= 0.3 is 0 Å². The van der Waals surface area contributed by atoms with Crippen LogP contribution in [0.5, 0.6) is 5.75 Å². The van der Waals surface area contributed by atoms with Crippen LogP contribution in [0.3, 0.4) is 0 Å². The van der Waals surface area contributed by atoms with Crippen molar-refractivity contribution in [2.75, 3.05) is 7.11 Å². The maximum Gasteiger partial charge on any atom is 0.296 e. The fourth-order valence-corrected chi connectivity index (χ4v) is 4.15. The molecule has 0 aliphatic carbocycles. The molecule has 7 heteroatoms. The number of aliphatic hydroxyl groups is 1. The van der Waals surface area contributed by atoms with Crippen molar-refractivity contribution in [2.45, 2.75) is 26.4 Å². The first-order valence-electron chi connectivity index (χ1n) is 10.0. The first-order chi connectivity index (χ1) is 15.3. The molecule has 1 N–H and O–H groups in total. The van der Waals surface area contributed by atoms with Crippen LogP contribution in [0.25, 0.3) is 5.76 Å². The number of ketones is 1. The zero-order valence-electron chi connectivity index (χ0n) is 17.9. The summed E-state index contributed by atoms with van der Waals surface area (Å²) in [5.41, 5.74) is 2.34.